The molecule has 5 rings (SSSR count). The first kappa shape index (κ1) is 27.6. The van der Waals surface area contributed by atoms with Crippen LogP contribution < -0.4 is 14.2 Å². The first-order chi connectivity index (χ1) is 18.8. The average molecular weight is 553 g/mol. The molecule has 1 heterocycles. The van der Waals surface area contributed by atoms with Gasteiger partial charge in [-0.3, -0.25) is 4.90 Å². The lowest BCUT2D eigenvalue weighted by Gasteiger charge is -2.26. The van der Waals surface area contributed by atoms with E-state index in [1.807, 2.05) is 26.8 Å². The number of hydrogen-bond donors (Lipinski definition) is 1. The van der Waals surface area contributed by atoms with Crippen LogP contribution in [0.15, 0.2) is 65.6 Å². The molecule has 0 spiro atoms. The highest BCUT2D eigenvalue weighted by Gasteiger charge is 2.45. The molecule has 0 amide bonds. The zero-order valence-electron chi connectivity index (χ0n) is 22.8. The first-order valence-corrected chi connectivity index (χ1v) is 15.3. The number of rotatable bonds is 10. The Labute approximate surface area is 231 Å². The van der Waals surface area contributed by atoms with Gasteiger partial charge in [-0.05, 0) is 106 Å². The molecule has 0 radical (unpaired) electrons. The minimum Gasteiger partial charge on any atom is -0.493 e. The molecule has 3 aromatic carbocycles. The quantitative estimate of drug-likeness (QED) is 0.338. The van der Waals surface area contributed by atoms with Crippen LogP contribution >= 0.6 is 0 Å². The predicted octanol–water partition coefficient (Wildman–Crippen LogP) is 5.93. The number of nitrogens with one attached hydrogen (secondary N) is 1. The van der Waals surface area contributed by atoms with Crippen LogP contribution in [0.4, 0.5) is 4.39 Å². The predicted molar refractivity (Wildman–Crippen MR) is 151 cm³/mol. The fraction of sp³-hybridized carbons (Fsp3) is 0.419. The Hall–Kier alpha value is -2.94. The summed E-state index contributed by atoms with van der Waals surface area (Å²) < 4.78 is 54.9. The molecule has 8 heteroatoms. The molecule has 1 aliphatic heterocycles. The maximum Gasteiger partial charge on any atom is 0.240 e. The molecule has 39 heavy (non-hydrogen) atoms. The van der Waals surface area contributed by atoms with Crippen molar-refractivity contribution in [1.29, 1.82) is 0 Å². The van der Waals surface area contributed by atoms with Gasteiger partial charge in [0.05, 0.1) is 23.7 Å². The lowest BCUT2D eigenvalue weighted by Crippen LogP contribution is -2.39. The molecular formula is C31H37FN2O4S. The van der Waals surface area contributed by atoms with Crippen molar-refractivity contribution in [3.63, 3.8) is 0 Å². The third-order valence-electron chi connectivity index (χ3n) is 7.85. The average Bonchev–Trinajstić information content (AvgIpc) is 3.48. The highest BCUT2D eigenvalue weighted by Crippen LogP contribution is 2.43. The molecule has 3 atom stereocenters. The molecule has 1 unspecified atom stereocenters. The smallest absolute Gasteiger partial charge is 0.240 e. The van der Waals surface area contributed by atoms with Crippen molar-refractivity contribution in [2.24, 2.45) is 5.92 Å². The highest BCUT2D eigenvalue weighted by molar-refractivity contribution is 7.89. The van der Waals surface area contributed by atoms with E-state index < -0.39 is 10.0 Å². The van der Waals surface area contributed by atoms with Gasteiger partial charge < -0.3 is 9.47 Å². The van der Waals surface area contributed by atoms with Crippen LogP contribution in [0.5, 0.6) is 11.5 Å². The fourth-order valence-corrected chi connectivity index (χ4v) is 7.60. The summed E-state index contributed by atoms with van der Waals surface area (Å²) in [5.74, 6) is 1.43. The van der Waals surface area contributed by atoms with E-state index in [2.05, 4.69) is 21.8 Å². The lowest BCUT2D eigenvalue weighted by molar-refractivity contribution is 0.229. The number of aryl methyl sites for hydroxylation is 1. The lowest BCUT2D eigenvalue weighted by atomic mass is 9.99. The van der Waals surface area contributed by atoms with E-state index in [9.17, 15) is 12.8 Å². The molecule has 6 nitrogen and oxygen atoms in total. The van der Waals surface area contributed by atoms with E-state index in [0.717, 1.165) is 66.1 Å². The Bertz CT molecular complexity index is 1380. The summed E-state index contributed by atoms with van der Waals surface area (Å²) in [7, 11) is -3.56. The van der Waals surface area contributed by atoms with Crippen LogP contribution in [0.1, 0.15) is 44.2 Å². The summed E-state index contributed by atoms with van der Waals surface area (Å²) in [5, 5.41) is 0. The molecule has 1 saturated heterocycles. The van der Waals surface area contributed by atoms with Crippen molar-refractivity contribution in [2.75, 3.05) is 19.8 Å². The van der Waals surface area contributed by atoms with Gasteiger partial charge in [0, 0.05) is 18.6 Å². The maximum atomic E-state index is 13.6. The molecule has 208 valence electrons. The van der Waals surface area contributed by atoms with Crippen LogP contribution in [0.25, 0.3) is 11.1 Å². The van der Waals surface area contributed by atoms with Gasteiger partial charge >= 0.3 is 0 Å². The van der Waals surface area contributed by atoms with Crippen LogP contribution in [-0.2, 0) is 16.6 Å². The molecule has 0 aromatic heterocycles. The van der Waals surface area contributed by atoms with Crippen molar-refractivity contribution < 1.29 is 22.3 Å². The Morgan fingerprint density at radius 2 is 1.64 bits per heavy atom. The number of hydrogen-bond acceptors (Lipinski definition) is 5. The highest BCUT2D eigenvalue weighted by atomic mass is 32.2. The van der Waals surface area contributed by atoms with Crippen molar-refractivity contribution in [3.05, 3.63) is 77.6 Å². The minimum atomic E-state index is -3.56. The molecule has 0 bridgehead atoms. The summed E-state index contributed by atoms with van der Waals surface area (Å²) >= 11 is 0. The zero-order valence-corrected chi connectivity index (χ0v) is 23.6. The standard InChI is InChI=1S/C31H37FN2O4S/c1-4-37-29-18-22(19-30(38-5-2)31(29)23-9-11-24(32)12-10-23)20-34-16-15-26-27(13-14-28(26)34)33-39(35,36)25-8-6-7-21(3)17-25/h6-12,17-19,26-28,33H,4-5,13-16,20H2,1-3H3/t26-,27?,28+/m0/s1. The van der Waals surface area contributed by atoms with Gasteiger partial charge in [0.15, 0.2) is 0 Å². The molecule has 1 saturated carbocycles. The van der Waals surface area contributed by atoms with Gasteiger partial charge in [-0.1, -0.05) is 24.3 Å². The topological polar surface area (TPSA) is 67.9 Å². The Morgan fingerprint density at radius 1 is 0.949 bits per heavy atom. The third kappa shape index (κ3) is 5.98. The van der Waals surface area contributed by atoms with Crippen molar-refractivity contribution in [2.45, 2.75) is 63.6 Å². The van der Waals surface area contributed by atoms with Gasteiger partial charge in [-0.2, -0.15) is 0 Å². The van der Waals surface area contributed by atoms with Crippen LogP contribution in [0.3, 0.4) is 0 Å². The number of fused-ring (bicyclic) bond motifs is 1. The number of benzene rings is 3. The monoisotopic (exact) mass is 552 g/mol. The third-order valence-corrected chi connectivity index (χ3v) is 9.34. The second kappa shape index (κ2) is 11.7. The molecule has 2 aliphatic rings. The van der Waals surface area contributed by atoms with Crippen LogP contribution in [0, 0.1) is 18.7 Å². The van der Waals surface area contributed by atoms with Gasteiger partial charge in [-0.15, -0.1) is 0 Å². The van der Waals surface area contributed by atoms with E-state index in [1.54, 1.807) is 30.3 Å². The van der Waals surface area contributed by atoms with Crippen LogP contribution in [-0.4, -0.2) is 45.2 Å². The molecule has 1 N–H and O–H groups in total. The summed E-state index contributed by atoms with van der Waals surface area (Å²) in [5.41, 5.74) is 3.68. The number of sulfonamides is 1. The second-order valence-electron chi connectivity index (χ2n) is 10.5. The Kier molecular flexibility index (Phi) is 8.26. The molecule has 3 aromatic rings. The van der Waals surface area contributed by atoms with Gasteiger partial charge in [0.2, 0.25) is 10.0 Å². The number of ether oxygens (including phenoxy) is 2. The minimum absolute atomic E-state index is 0.0654. The van der Waals surface area contributed by atoms with E-state index in [0.29, 0.717) is 24.2 Å². The SMILES string of the molecule is CCOc1cc(CN2CC[C@H]3C(NS(=O)(=O)c4cccc(C)c4)CC[C@H]32)cc(OCC)c1-c1ccc(F)cc1. The van der Waals surface area contributed by atoms with Gasteiger partial charge in [0.25, 0.3) is 0 Å². The largest absolute Gasteiger partial charge is 0.493 e. The molecule has 2 fully saturated rings. The molecule has 1 aliphatic carbocycles. The molecular weight excluding hydrogens is 515 g/mol. The summed E-state index contributed by atoms with van der Waals surface area (Å²) in [6.07, 6.45) is 2.74. The Morgan fingerprint density at radius 3 is 2.28 bits per heavy atom. The Balaban J connectivity index is 1.35. The second-order valence-corrected chi connectivity index (χ2v) is 12.2. The van der Waals surface area contributed by atoms with Crippen molar-refractivity contribution in [1.82, 2.24) is 9.62 Å². The van der Waals surface area contributed by atoms with Gasteiger partial charge in [-0.25, -0.2) is 17.5 Å². The maximum absolute atomic E-state index is 13.6. The van der Waals surface area contributed by atoms with E-state index >= 15 is 0 Å². The summed E-state index contributed by atoms with van der Waals surface area (Å²) in [4.78, 5) is 2.79. The fourth-order valence-electron chi connectivity index (χ4n) is 6.18. The normalized spacial score (nSPS) is 21.2. The van der Waals surface area contributed by atoms with Crippen molar-refractivity contribution in [3.8, 4) is 22.6 Å². The van der Waals surface area contributed by atoms with E-state index in [-0.39, 0.29) is 17.8 Å². The van der Waals surface area contributed by atoms with Crippen molar-refractivity contribution >= 4 is 10.0 Å². The first-order valence-electron chi connectivity index (χ1n) is 13.8. The summed E-state index contributed by atoms with van der Waals surface area (Å²) in [6.45, 7) is 8.43. The van der Waals surface area contributed by atoms with E-state index in [4.69, 9.17) is 9.47 Å². The van der Waals surface area contributed by atoms with Crippen LogP contribution in [0.2, 0.25) is 0 Å². The number of likely N-dealkylation sites (tertiary alicyclic amines) is 1. The number of nitrogens with zero attached hydrogens (tertiary/aromatic N) is 1. The zero-order chi connectivity index (χ0) is 27.6. The summed E-state index contributed by atoms with van der Waals surface area (Å²) in [6, 6.07) is 17.8. The van der Waals surface area contributed by atoms with E-state index in [1.165, 1.54) is 12.1 Å². The number of halogens is 1. The van der Waals surface area contributed by atoms with Gasteiger partial charge in [0.1, 0.15) is 17.3 Å².